The number of hydrogen-bond donors (Lipinski definition) is 7. The molecule has 10 nitrogen and oxygen atoms in total. The first kappa shape index (κ1) is 29.7. The van der Waals surface area contributed by atoms with Crippen LogP contribution in [0.25, 0.3) is 10.9 Å². The van der Waals surface area contributed by atoms with Crippen LogP contribution in [0.4, 0.5) is 0 Å². The second-order valence-electron chi connectivity index (χ2n) is 9.73. The van der Waals surface area contributed by atoms with Crippen LogP contribution in [0.3, 0.4) is 0 Å². The highest BCUT2D eigenvalue weighted by Gasteiger charge is 2.32. The highest BCUT2D eigenvalue weighted by Crippen LogP contribution is 2.19. The summed E-state index contributed by atoms with van der Waals surface area (Å²) in [5.74, 6) is -3.47. The molecule has 0 spiro atoms. The number of fused-ring (bicyclic) bond motifs is 1. The minimum Gasteiger partial charge on any atom is -0.480 e. The lowest BCUT2D eigenvalue weighted by atomic mass is 9.99. The van der Waals surface area contributed by atoms with E-state index in [1.165, 1.54) is 0 Å². The summed E-state index contributed by atoms with van der Waals surface area (Å²) in [5, 5.41) is 18.1. The molecule has 208 valence electrons. The molecule has 0 bridgehead atoms. The van der Waals surface area contributed by atoms with Crippen molar-refractivity contribution in [1.82, 2.24) is 20.9 Å². The summed E-state index contributed by atoms with van der Waals surface area (Å²) >= 11 is 3.98. The number of nitrogens with one attached hydrogen (secondary N) is 4. The van der Waals surface area contributed by atoms with Gasteiger partial charge >= 0.3 is 5.97 Å². The van der Waals surface area contributed by atoms with E-state index in [0.717, 1.165) is 22.0 Å². The summed E-state index contributed by atoms with van der Waals surface area (Å²) in [6, 6.07) is 12.7. The smallest absolute Gasteiger partial charge is 0.327 e. The lowest BCUT2D eigenvalue weighted by Crippen LogP contribution is -2.59. The average Bonchev–Trinajstić information content (AvgIpc) is 3.32. The molecule has 3 rings (SSSR count). The molecular weight excluding hydrogens is 518 g/mol. The van der Waals surface area contributed by atoms with Crippen LogP contribution >= 0.6 is 12.6 Å². The fourth-order valence-electron chi connectivity index (χ4n) is 4.20. The second-order valence-corrected chi connectivity index (χ2v) is 10.1. The van der Waals surface area contributed by atoms with E-state index in [4.69, 9.17) is 5.73 Å². The van der Waals surface area contributed by atoms with Crippen molar-refractivity contribution in [2.45, 2.75) is 50.9 Å². The van der Waals surface area contributed by atoms with Gasteiger partial charge in [-0.05, 0) is 29.5 Å². The molecule has 11 heteroatoms. The number of thiol groups is 1. The molecule has 39 heavy (non-hydrogen) atoms. The third kappa shape index (κ3) is 8.08. The lowest BCUT2D eigenvalue weighted by Gasteiger charge is -2.27. The first-order valence-electron chi connectivity index (χ1n) is 12.7. The van der Waals surface area contributed by atoms with Crippen molar-refractivity contribution in [1.29, 1.82) is 0 Å². The van der Waals surface area contributed by atoms with Gasteiger partial charge in [0.15, 0.2) is 0 Å². The predicted molar refractivity (Wildman–Crippen MR) is 152 cm³/mol. The van der Waals surface area contributed by atoms with E-state index in [1.807, 2.05) is 54.6 Å². The molecule has 0 radical (unpaired) electrons. The Hall–Kier alpha value is -3.83. The van der Waals surface area contributed by atoms with Gasteiger partial charge in [-0.15, -0.1) is 0 Å². The molecule has 0 saturated heterocycles. The van der Waals surface area contributed by atoms with Crippen molar-refractivity contribution in [2.24, 2.45) is 11.7 Å². The zero-order valence-corrected chi connectivity index (χ0v) is 22.8. The summed E-state index contributed by atoms with van der Waals surface area (Å²) in [6.07, 6.45) is 2.20. The van der Waals surface area contributed by atoms with Gasteiger partial charge in [-0.1, -0.05) is 62.4 Å². The standard InChI is InChI=1S/C28H35N5O5S/c1-16(2)24(27(36)32-23(15-39)28(37)38)33-26(35)22(13-18-14-30-21-11-7-6-10-19(18)21)31-25(34)20(29)12-17-8-4-3-5-9-17/h3-11,14,16,20,22-24,30,39H,12-13,15,29H2,1-2H3,(H,31,34)(H,32,36)(H,33,35)(H,37,38). The first-order valence-corrected chi connectivity index (χ1v) is 13.3. The molecule has 0 saturated carbocycles. The maximum absolute atomic E-state index is 13.5. The third-order valence-electron chi connectivity index (χ3n) is 6.41. The predicted octanol–water partition coefficient (Wildman–Crippen LogP) is 1.41. The minimum atomic E-state index is -1.23. The van der Waals surface area contributed by atoms with Crippen molar-refractivity contribution < 1.29 is 24.3 Å². The second kappa shape index (κ2) is 13.8. The lowest BCUT2D eigenvalue weighted by molar-refractivity contribution is -0.142. The van der Waals surface area contributed by atoms with E-state index < -0.39 is 47.9 Å². The highest BCUT2D eigenvalue weighted by atomic mass is 32.1. The molecule has 2 aromatic carbocycles. The molecule has 0 aliphatic carbocycles. The summed E-state index contributed by atoms with van der Waals surface area (Å²) < 4.78 is 0. The van der Waals surface area contributed by atoms with Gasteiger partial charge < -0.3 is 31.8 Å². The Balaban J connectivity index is 1.81. The number of rotatable bonds is 13. The van der Waals surface area contributed by atoms with Crippen molar-refractivity contribution in [3.63, 3.8) is 0 Å². The Labute approximate surface area is 232 Å². The molecule has 3 aromatic rings. The molecule has 7 N–H and O–H groups in total. The van der Waals surface area contributed by atoms with Crippen molar-refractivity contribution >= 4 is 47.2 Å². The zero-order valence-electron chi connectivity index (χ0n) is 21.9. The zero-order chi connectivity index (χ0) is 28.5. The minimum absolute atomic E-state index is 0.113. The number of aliphatic carboxylic acids is 1. The molecule has 4 unspecified atom stereocenters. The van der Waals surface area contributed by atoms with Crippen LogP contribution in [-0.2, 0) is 32.0 Å². The first-order chi connectivity index (χ1) is 18.6. The number of nitrogens with two attached hydrogens (primary N) is 1. The normalized spacial score (nSPS) is 14.3. The number of aromatic nitrogens is 1. The van der Waals surface area contributed by atoms with Gasteiger partial charge in [0.1, 0.15) is 18.1 Å². The van der Waals surface area contributed by atoms with Gasteiger partial charge in [-0.2, -0.15) is 12.6 Å². The van der Waals surface area contributed by atoms with Crippen LogP contribution < -0.4 is 21.7 Å². The van der Waals surface area contributed by atoms with Gasteiger partial charge in [0.2, 0.25) is 17.7 Å². The molecule has 0 aliphatic heterocycles. The Morgan fingerprint density at radius 2 is 1.51 bits per heavy atom. The Morgan fingerprint density at radius 1 is 0.872 bits per heavy atom. The van der Waals surface area contributed by atoms with Gasteiger partial charge in [0.05, 0.1) is 6.04 Å². The summed E-state index contributed by atoms with van der Waals surface area (Å²) in [7, 11) is 0. The maximum Gasteiger partial charge on any atom is 0.327 e. The van der Waals surface area contributed by atoms with Crippen LogP contribution in [0.1, 0.15) is 25.0 Å². The van der Waals surface area contributed by atoms with E-state index in [-0.39, 0.29) is 24.5 Å². The molecule has 0 fully saturated rings. The van der Waals surface area contributed by atoms with Gasteiger partial charge in [-0.25, -0.2) is 4.79 Å². The number of amides is 3. The Kier molecular flexibility index (Phi) is 10.5. The SMILES string of the molecule is CC(C)C(NC(=O)C(Cc1c[nH]c2ccccc12)NC(=O)C(N)Cc1ccccc1)C(=O)NC(CS)C(=O)O. The van der Waals surface area contributed by atoms with Crippen LogP contribution in [0.15, 0.2) is 60.8 Å². The Bertz CT molecular complexity index is 1300. The number of carboxylic acid groups (broad SMARTS) is 1. The number of carboxylic acids is 1. The quantitative estimate of drug-likeness (QED) is 0.158. The fourth-order valence-corrected chi connectivity index (χ4v) is 4.45. The van der Waals surface area contributed by atoms with E-state index >= 15 is 0 Å². The van der Waals surface area contributed by atoms with Crippen molar-refractivity contribution in [3.05, 3.63) is 71.9 Å². The highest BCUT2D eigenvalue weighted by molar-refractivity contribution is 7.80. The van der Waals surface area contributed by atoms with Crippen LogP contribution in [0, 0.1) is 5.92 Å². The summed E-state index contributed by atoms with van der Waals surface area (Å²) in [5.41, 5.74) is 8.74. The summed E-state index contributed by atoms with van der Waals surface area (Å²) in [4.78, 5) is 54.1. The largest absolute Gasteiger partial charge is 0.480 e. The van der Waals surface area contributed by atoms with Crippen molar-refractivity contribution in [2.75, 3.05) is 5.75 Å². The fraction of sp³-hybridized carbons (Fsp3) is 0.357. The monoisotopic (exact) mass is 553 g/mol. The third-order valence-corrected chi connectivity index (χ3v) is 6.78. The van der Waals surface area contributed by atoms with Crippen LogP contribution in [0.5, 0.6) is 0 Å². The number of para-hydroxylation sites is 1. The molecule has 1 aromatic heterocycles. The molecule has 0 aliphatic rings. The van der Waals surface area contributed by atoms with E-state index in [9.17, 15) is 24.3 Å². The summed E-state index contributed by atoms with van der Waals surface area (Å²) in [6.45, 7) is 3.45. The van der Waals surface area contributed by atoms with Crippen molar-refractivity contribution in [3.8, 4) is 0 Å². The number of benzene rings is 2. The number of H-pyrrole nitrogens is 1. The van der Waals surface area contributed by atoms with Gasteiger partial charge in [0.25, 0.3) is 0 Å². The topological polar surface area (TPSA) is 166 Å². The average molecular weight is 554 g/mol. The number of carbonyl (C=O) groups excluding carboxylic acids is 3. The number of carbonyl (C=O) groups is 4. The van der Waals surface area contributed by atoms with E-state index in [0.29, 0.717) is 0 Å². The molecular formula is C28H35N5O5S. The van der Waals surface area contributed by atoms with E-state index in [1.54, 1.807) is 20.0 Å². The van der Waals surface area contributed by atoms with E-state index in [2.05, 4.69) is 33.6 Å². The maximum atomic E-state index is 13.5. The van der Waals surface area contributed by atoms with Gasteiger partial charge in [0, 0.05) is 29.3 Å². The molecule has 3 amide bonds. The van der Waals surface area contributed by atoms with Gasteiger partial charge in [-0.3, -0.25) is 14.4 Å². The Morgan fingerprint density at radius 3 is 2.15 bits per heavy atom. The number of hydrogen-bond acceptors (Lipinski definition) is 6. The van der Waals surface area contributed by atoms with Crippen LogP contribution in [-0.4, -0.2) is 63.7 Å². The van der Waals surface area contributed by atoms with Crippen LogP contribution in [0.2, 0.25) is 0 Å². The molecule has 1 heterocycles. The molecule has 4 atom stereocenters. The number of aromatic amines is 1.